The van der Waals surface area contributed by atoms with Crippen LogP contribution in [0.5, 0.6) is 0 Å². The van der Waals surface area contributed by atoms with Gasteiger partial charge in [0.25, 0.3) is 0 Å². The molecule has 0 spiro atoms. The predicted molar refractivity (Wildman–Crippen MR) is 76.5 cm³/mol. The minimum absolute atomic E-state index is 0.425. The lowest BCUT2D eigenvalue weighted by Gasteiger charge is -2.25. The smallest absolute Gasteiger partial charge is 0.207 e. The van der Waals surface area contributed by atoms with Crippen LogP contribution in [0.2, 0.25) is 0 Å². The minimum Gasteiger partial charge on any atom is -0.207 e. The van der Waals surface area contributed by atoms with E-state index in [-0.39, 0.29) is 0 Å². The normalized spacial score (nSPS) is 17.8. The molecule has 1 saturated heterocycles. The molecule has 3 nitrogen and oxygen atoms in total. The molecule has 0 radical (unpaired) electrons. The predicted octanol–water partition coefficient (Wildman–Crippen LogP) is 2.38. The Morgan fingerprint density at radius 1 is 1.17 bits per heavy atom. The summed E-state index contributed by atoms with van der Waals surface area (Å²) in [6, 6.07) is 7.33. The van der Waals surface area contributed by atoms with Crippen LogP contribution in [0.3, 0.4) is 0 Å². The molecule has 0 N–H and O–H groups in total. The zero-order valence-electron chi connectivity index (χ0n) is 10.6. The van der Waals surface area contributed by atoms with Crippen molar-refractivity contribution < 1.29 is 8.42 Å². The Morgan fingerprint density at radius 3 is 2.33 bits per heavy atom. The molecule has 1 aliphatic rings. The third-order valence-corrected chi connectivity index (χ3v) is 5.93. The number of thioether (sulfide) groups is 1. The van der Waals surface area contributed by atoms with Crippen LogP contribution in [0.25, 0.3) is 0 Å². The first-order valence-electron chi connectivity index (χ1n) is 6.31. The van der Waals surface area contributed by atoms with Crippen LogP contribution in [-0.4, -0.2) is 37.3 Å². The molecule has 0 atom stereocenters. The van der Waals surface area contributed by atoms with Gasteiger partial charge < -0.3 is 0 Å². The summed E-state index contributed by atoms with van der Waals surface area (Å²) >= 11 is 1.81. The highest BCUT2D eigenvalue weighted by Crippen LogP contribution is 2.20. The molecule has 1 fully saturated rings. The van der Waals surface area contributed by atoms with Crippen molar-refractivity contribution in [3.63, 3.8) is 0 Å². The molecular weight excluding hydrogens is 266 g/mol. The summed E-state index contributed by atoms with van der Waals surface area (Å²) < 4.78 is 26.3. The van der Waals surface area contributed by atoms with Crippen molar-refractivity contribution in [3.05, 3.63) is 29.8 Å². The van der Waals surface area contributed by atoms with Crippen LogP contribution in [0.4, 0.5) is 0 Å². The van der Waals surface area contributed by atoms with Crippen molar-refractivity contribution in [3.8, 4) is 0 Å². The summed E-state index contributed by atoms with van der Waals surface area (Å²) in [4.78, 5) is 0.425. The molecule has 1 aromatic rings. The van der Waals surface area contributed by atoms with Crippen LogP contribution in [0.1, 0.15) is 18.9 Å². The summed E-state index contributed by atoms with van der Waals surface area (Å²) in [6.45, 7) is 3.38. The topological polar surface area (TPSA) is 37.4 Å². The molecule has 18 heavy (non-hydrogen) atoms. The number of hydrogen-bond acceptors (Lipinski definition) is 3. The summed E-state index contributed by atoms with van der Waals surface area (Å²) in [7, 11) is -3.27. The third-order valence-electron chi connectivity index (χ3n) is 3.07. The van der Waals surface area contributed by atoms with E-state index < -0.39 is 10.0 Å². The van der Waals surface area contributed by atoms with Crippen molar-refractivity contribution in [2.24, 2.45) is 0 Å². The second-order valence-corrected chi connectivity index (χ2v) is 7.57. The SMILES string of the molecule is CCCc1ccc(S(=O)(=O)N2CCSCC2)cc1. The largest absolute Gasteiger partial charge is 0.243 e. The quantitative estimate of drug-likeness (QED) is 0.852. The maximum Gasteiger partial charge on any atom is 0.243 e. The van der Waals surface area contributed by atoms with Gasteiger partial charge in [-0.25, -0.2) is 8.42 Å². The van der Waals surface area contributed by atoms with Gasteiger partial charge in [0.05, 0.1) is 4.90 Å². The maximum absolute atomic E-state index is 12.4. The van der Waals surface area contributed by atoms with Gasteiger partial charge in [-0.15, -0.1) is 0 Å². The van der Waals surface area contributed by atoms with Crippen molar-refractivity contribution in [2.75, 3.05) is 24.6 Å². The zero-order chi connectivity index (χ0) is 13.0. The Hall–Kier alpha value is -0.520. The van der Waals surface area contributed by atoms with E-state index in [9.17, 15) is 8.42 Å². The first-order chi connectivity index (χ1) is 8.64. The molecule has 0 unspecified atom stereocenters. The second kappa shape index (κ2) is 6.08. The molecule has 0 aromatic heterocycles. The van der Waals surface area contributed by atoms with Gasteiger partial charge in [-0.3, -0.25) is 0 Å². The van der Waals surface area contributed by atoms with Gasteiger partial charge in [-0.05, 0) is 24.1 Å². The Kier molecular flexibility index (Phi) is 4.70. The molecule has 1 heterocycles. The van der Waals surface area contributed by atoms with Gasteiger partial charge in [0.15, 0.2) is 0 Å². The van der Waals surface area contributed by atoms with Crippen molar-refractivity contribution in [1.29, 1.82) is 0 Å². The number of hydrogen-bond donors (Lipinski definition) is 0. The van der Waals surface area contributed by atoms with Gasteiger partial charge in [-0.2, -0.15) is 16.1 Å². The number of benzene rings is 1. The lowest BCUT2D eigenvalue weighted by molar-refractivity contribution is 0.443. The summed E-state index contributed by atoms with van der Waals surface area (Å²) in [6.07, 6.45) is 2.08. The number of sulfonamides is 1. The fourth-order valence-electron chi connectivity index (χ4n) is 2.05. The lowest BCUT2D eigenvalue weighted by Crippen LogP contribution is -2.37. The van der Waals surface area contributed by atoms with Gasteiger partial charge in [0.2, 0.25) is 10.0 Å². The second-order valence-electron chi connectivity index (χ2n) is 4.41. The molecule has 0 saturated carbocycles. The Morgan fingerprint density at radius 2 is 1.78 bits per heavy atom. The molecular formula is C13H19NO2S2. The standard InChI is InChI=1S/C13H19NO2S2/c1-2-3-12-4-6-13(7-5-12)18(15,16)14-8-10-17-11-9-14/h4-7H,2-3,8-11H2,1H3. The van der Waals surface area contributed by atoms with E-state index in [1.54, 1.807) is 16.4 Å². The molecule has 0 bridgehead atoms. The van der Waals surface area contributed by atoms with Crippen molar-refractivity contribution >= 4 is 21.8 Å². The highest BCUT2D eigenvalue weighted by molar-refractivity contribution is 7.99. The highest BCUT2D eigenvalue weighted by atomic mass is 32.2. The zero-order valence-corrected chi connectivity index (χ0v) is 12.3. The number of aryl methyl sites for hydroxylation is 1. The first kappa shape index (κ1) is 13.9. The number of rotatable bonds is 4. The molecule has 0 aliphatic carbocycles. The van der Waals surface area contributed by atoms with E-state index >= 15 is 0 Å². The Balaban J connectivity index is 2.18. The van der Waals surface area contributed by atoms with E-state index in [4.69, 9.17) is 0 Å². The summed E-state index contributed by atoms with van der Waals surface area (Å²) in [5.74, 6) is 1.79. The Bertz CT molecular complexity index is 476. The maximum atomic E-state index is 12.4. The van der Waals surface area contributed by atoms with Gasteiger partial charge >= 0.3 is 0 Å². The van der Waals surface area contributed by atoms with E-state index in [2.05, 4.69) is 6.92 Å². The van der Waals surface area contributed by atoms with E-state index in [1.165, 1.54) is 5.56 Å². The van der Waals surface area contributed by atoms with Crippen molar-refractivity contribution in [1.82, 2.24) is 4.31 Å². The van der Waals surface area contributed by atoms with Gasteiger partial charge in [0.1, 0.15) is 0 Å². The van der Waals surface area contributed by atoms with Gasteiger partial charge in [-0.1, -0.05) is 25.5 Å². The van der Waals surface area contributed by atoms with Gasteiger partial charge in [0, 0.05) is 24.6 Å². The van der Waals surface area contributed by atoms with E-state index in [0.717, 1.165) is 24.3 Å². The summed E-state index contributed by atoms with van der Waals surface area (Å²) in [5, 5.41) is 0. The van der Waals surface area contributed by atoms with Crippen LogP contribution in [0, 0.1) is 0 Å². The first-order valence-corrected chi connectivity index (χ1v) is 8.91. The highest BCUT2D eigenvalue weighted by Gasteiger charge is 2.25. The van der Waals surface area contributed by atoms with Crippen LogP contribution >= 0.6 is 11.8 Å². The third kappa shape index (κ3) is 3.08. The van der Waals surface area contributed by atoms with Crippen LogP contribution in [-0.2, 0) is 16.4 Å². The molecule has 5 heteroatoms. The fraction of sp³-hybridized carbons (Fsp3) is 0.538. The van der Waals surface area contributed by atoms with Crippen LogP contribution < -0.4 is 0 Å². The molecule has 2 rings (SSSR count). The Labute approximate surface area is 114 Å². The average Bonchev–Trinajstić information content (AvgIpc) is 2.41. The molecule has 0 amide bonds. The van der Waals surface area contributed by atoms with Crippen LogP contribution in [0.15, 0.2) is 29.2 Å². The fourth-order valence-corrected chi connectivity index (χ4v) is 4.63. The number of nitrogens with zero attached hydrogens (tertiary/aromatic N) is 1. The average molecular weight is 285 g/mol. The minimum atomic E-state index is -3.27. The van der Waals surface area contributed by atoms with Crippen molar-refractivity contribution in [2.45, 2.75) is 24.7 Å². The van der Waals surface area contributed by atoms with E-state index in [1.807, 2.05) is 23.9 Å². The molecule has 1 aliphatic heterocycles. The monoisotopic (exact) mass is 285 g/mol. The lowest BCUT2D eigenvalue weighted by atomic mass is 10.1. The molecule has 1 aromatic carbocycles. The molecule has 100 valence electrons. The summed E-state index contributed by atoms with van der Waals surface area (Å²) in [5.41, 5.74) is 1.20. The van der Waals surface area contributed by atoms with E-state index in [0.29, 0.717) is 18.0 Å².